The van der Waals surface area contributed by atoms with Crippen LogP contribution < -0.4 is 29.5 Å². The van der Waals surface area contributed by atoms with Crippen molar-refractivity contribution in [3.05, 3.63) is 11.8 Å². The van der Waals surface area contributed by atoms with Crippen molar-refractivity contribution >= 4 is 102 Å². The lowest BCUT2D eigenvalue weighted by atomic mass is 9.85. The minimum atomic E-state index is -5.74. The molecule has 522 valence electrons. The highest BCUT2D eigenvalue weighted by molar-refractivity contribution is 7.99. The van der Waals surface area contributed by atoms with Gasteiger partial charge in [-0.3, -0.25) is 27.3 Å². The lowest BCUT2D eigenvalue weighted by molar-refractivity contribution is -0.312. The molecule has 6 fully saturated rings. The number of ether oxygens (including phenoxy) is 9. The summed E-state index contributed by atoms with van der Waals surface area (Å²) in [4.78, 5) is 24.7. The Morgan fingerprint density at radius 1 is 0.600 bits per heavy atom. The summed E-state index contributed by atoms with van der Waals surface area (Å²) in [5, 5.41) is 91.8. The molecule has 0 aromatic rings. The molecule has 20 N–H and O–H groups in total. The van der Waals surface area contributed by atoms with E-state index in [0.717, 1.165) is 19.3 Å². The molecule has 0 saturated carbocycles. The molecular weight excluding hydrogens is 1400 g/mol. The normalized spacial score (nSPS) is 37.6. The molecule has 7 heterocycles. The number of rotatable bonds is 27. The van der Waals surface area contributed by atoms with Gasteiger partial charge in [0, 0.05) is 30.6 Å². The number of thioether (sulfide) groups is 1. The first-order valence-corrected chi connectivity index (χ1v) is 36.5. The highest BCUT2D eigenvalue weighted by atomic mass is 32.3. The molecule has 6 saturated heterocycles. The van der Waals surface area contributed by atoms with E-state index in [9.17, 15) is 128 Å². The lowest BCUT2D eigenvalue weighted by Crippen LogP contribution is -2.72. The van der Waals surface area contributed by atoms with Gasteiger partial charge in [0.15, 0.2) is 23.8 Å². The zero-order valence-corrected chi connectivity index (χ0v) is 52.1. The van der Waals surface area contributed by atoms with E-state index in [4.69, 9.17) is 54.8 Å². The molecule has 7 aliphatic rings. The van der Waals surface area contributed by atoms with Crippen LogP contribution in [-0.2, 0) is 114 Å². The Kier molecular flexibility index (Phi) is 26.3. The second-order valence-electron chi connectivity index (χ2n) is 20.7. The van der Waals surface area contributed by atoms with Gasteiger partial charge >= 0.3 is 53.2 Å². The van der Waals surface area contributed by atoms with E-state index >= 15 is 0 Å². The van der Waals surface area contributed by atoms with Crippen LogP contribution in [0.25, 0.3) is 0 Å². The Balaban J connectivity index is 1.23. The SMILES string of the molecule is O=C(O)C1=C[C@@H](O)C(NS(=O)(=O)O)[C@H](O[C@@H]2C(CS(=O)(=O)O)O[C@H](CO[C@@H]3C(C(=O)O)O[C@@H](O[C@@H]4C(CS(=O)(=O)O)O[C@@H](NC(=S)NCCSCC5O[C@@H]6OCCCCCC5[C@@H](O)C6O)C(NS(=O)(=O)O)[C@@H]4O)C(NS(=O)(=O)O)[C@@H]3O)C(NS(=O)(=O)O)[C@@H]2O)O1. The maximum atomic E-state index is 12.9. The molecule has 7 rings (SSSR count). The van der Waals surface area contributed by atoms with Crippen molar-refractivity contribution in [1.29, 1.82) is 0 Å². The molecule has 0 aliphatic carbocycles. The largest absolute Gasteiger partial charge is 0.479 e. The molecule has 7 aliphatic heterocycles. The second-order valence-corrected chi connectivity index (χ2v) is 30.0. The molecule has 2 bridgehead atoms. The van der Waals surface area contributed by atoms with Gasteiger partial charge in [-0.15, -0.1) is 0 Å². The van der Waals surface area contributed by atoms with Gasteiger partial charge in [0.05, 0.1) is 37.0 Å². The molecular formula is C39H66N6O37S8. The van der Waals surface area contributed by atoms with Crippen LogP contribution in [0.2, 0.25) is 0 Å². The number of aliphatic hydroxyl groups excluding tert-OH is 6. The summed E-state index contributed by atoms with van der Waals surface area (Å²) in [6, 6.07) is -9.89. The van der Waals surface area contributed by atoms with Crippen molar-refractivity contribution in [3.8, 4) is 0 Å². The summed E-state index contributed by atoms with van der Waals surface area (Å²) < 4.78 is 262. The molecule has 51 heteroatoms. The molecule has 0 radical (unpaired) electrons. The van der Waals surface area contributed by atoms with E-state index in [1.807, 2.05) is 0 Å². The van der Waals surface area contributed by atoms with Crippen LogP contribution in [0, 0.1) is 5.92 Å². The van der Waals surface area contributed by atoms with E-state index < -0.39 is 243 Å². The Morgan fingerprint density at radius 2 is 1.13 bits per heavy atom. The minimum Gasteiger partial charge on any atom is -0.479 e. The van der Waals surface area contributed by atoms with Gasteiger partial charge in [-0.1, -0.05) is 12.8 Å². The third-order valence-corrected chi connectivity index (χ3v) is 19.2. The van der Waals surface area contributed by atoms with E-state index in [1.165, 1.54) is 25.9 Å². The molecule has 0 spiro atoms. The van der Waals surface area contributed by atoms with Crippen LogP contribution in [-0.4, -0.2) is 313 Å². The highest BCUT2D eigenvalue weighted by Gasteiger charge is 2.57. The van der Waals surface area contributed by atoms with Crippen LogP contribution in [0.5, 0.6) is 0 Å². The molecule has 90 heavy (non-hydrogen) atoms. The van der Waals surface area contributed by atoms with Gasteiger partial charge in [0.25, 0.3) is 20.2 Å². The van der Waals surface area contributed by atoms with Crippen molar-refractivity contribution in [2.24, 2.45) is 5.92 Å². The molecule has 23 atom stereocenters. The number of aliphatic carboxylic acids is 2. The summed E-state index contributed by atoms with van der Waals surface area (Å²) in [7, 11) is -33.1. The van der Waals surface area contributed by atoms with Crippen molar-refractivity contribution in [2.45, 2.75) is 160 Å². The monoisotopic (exact) mass is 1470 g/mol. The van der Waals surface area contributed by atoms with Gasteiger partial charge in [-0.2, -0.15) is 81.2 Å². The fourth-order valence-electron chi connectivity index (χ4n) is 10.4. The van der Waals surface area contributed by atoms with Gasteiger partial charge in [-0.05, 0) is 31.1 Å². The predicted octanol–water partition coefficient (Wildman–Crippen LogP) is -10.1. The van der Waals surface area contributed by atoms with Crippen LogP contribution in [0.3, 0.4) is 0 Å². The number of carbonyl (C=O) groups is 2. The predicted molar refractivity (Wildman–Crippen MR) is 294 cm³/mol. The zero-order chi connectivity index (χ0) is 67.4. The van der Waals surface area contributed by atoms with Crippen LogP contribution in [0.4, 0.5) is 0 Å². The zero-order valence-electron chi connectivity index (χ0n) is 45.6. The third kappa shape index (κ3) is 22.2. The summed E-state index contributed by atoms with van der Waals surface area (Å²) >= 11 is 6.60. The fourth-order valence-corrected chi connectivity index (χ4v) is 15.4. The topological polar surface area (TPSA) is 677 Å². The van der Waals surface area contributed by atoms with Crippen LogP contribution >= 0.6 is 24.0 Å². The quantitative estimate of drug-likeness (QED) is 0.0206. The third-order valence-electron chi connectivity index (χ3n) is 14.1. The lowest BCUT2D eigenvalue weighted by Gasteiger charge is -2.49. The average Bonchev–Trinajstić information content (AvgIpc) is 0.783. The van der Waals surface area contributed by atoms with Gasteiger partial charge in [0.2, 0.25) is 12.0 Å². The highest BCUT2D eigenvalue weighted by Crippen LogP contribution is 2.36. The van der Waals surface area contributed by atoms with E-state index in [2.05, 4.69) is 10.6 Å². The number of fused-ring (bicyclic) bond motifs is 7. The summed E-state index contributed by atoms with van der Waals surface area (Å²) in [6.45, 7) is -1.25. The molecule has 10 unspecified atom stereocenters. The first kappa shape index (κ1) is 76.3. The Morgan fingerprint density at radius 3 is 1.70 bits per heavy atom. The van der Waals surface area contributed by atoms with E-state index in [0.29, 0.717) is 19.1 Å². The molecule has 43 nitrogen and oxygen atoms in total. The summed E-state index contributed by atoms with van der Waals surface area (Å²) in [6.07, 6.45) is -36.8. The van der Waals surface area contributed by atoms with Crippen molar-refractivity contribution < 1.29 is 171 Å². The summed E-state index contributed by atoms with van der Waals surface area (Å²) in [5.41, 5.74) is 0. The fraction of sp³-hybridized carbons (Fsp3) is 0.872. The summed E-state index contributed by atoms with van der Waals surface area (Å²) in [5.74, 6) is -8.79. The second kappa shape index (κ2) is 31.0. The number of aliphatic hydroxyl groups is 6. The maximum absolute atomic E-state index is 12.9. The van der Waals surface area contributed by atoms with Crippen LogP contribution in [0.15, 0.2) is 11.8 Å². The Hall–Kier alpha value is -2.74. The first-order valence-electron chi connectivity index (χ1n) is 26.0. The maximum Gasteiger partial charge on any atom is 0.371 e. The van der Waals surface area contributed by atoms with Gasteiger partial charge in [-0.25, -0.2) is 9.59 Å². The van der Waals surface area contributed by atoms with Crippen LogP contribution in [0.1, 0.15) is 25.7 Å². The van der Waals surface area contributed by atoms with Gasteiger partial charge in [0.1, 0.15) is 90.9 Å². The van der Waals surface area contributed by atoms with E-state index in [-0.39, 0.29) is 18.1 Å². The number of nitrogens with one attached hydrogen (secondary N) is 6. The Labute approximate surface area is 521 Å². The van der Waals surface area contributed by atoms with E-state index in [1.54, 1.807) is 4.72 Å². The number of hydrogen-bond acceptors (Lipinski definition) is 31. The number of hydrogen-bond donors (Lipinski definition) is 20. The Bertz CT molecular complexity index is 3250. The number of carboxylic acid groups (broad SMARTS) is 2. The van der Waals surface area contributed by atoms with Crippen molar-refractivity contribution in [1.82, 2.24) is 29.5 Å². The van der Waals surface area contributed by atoms with Crippen molar-refractivity contribution in [3.63, 3.8) is 0 Å². The average molecular weight is 1470 g/mol. The molecule has 0 aromatic heterocycles. The standard InChI is InChI=1S/C39H66N6O37S8/c46-14-8-15(34(52)53)78-36(20(14)42-87(62,63)64)80-29-18(11-85(56,57)58)76-16(21(25(29)48)43-88(65,66)67)9-75-31-27(50)23(45-90(71,72)73)37(82-32(31)35(54)55)81-30-19(12-86(59,60)61)77-33(22(26(30)49)44-89(68,69)70)41-39(83)40-5-7-84-10-17-13-4-2-1-3-6-74-38(79-17)28(51)24(13)47/h8,13-14,16-33,36-38,42-51H,1-7,9-12H2,(H,52,53)(H,54,55)(H2,40,41,83)(H,56,57,58)(H,59,60,61)(H,62,63,64)(H,65,66,67)(H,68,69,70)(H,71,72,73)/t13?,14-,16-,17?,18?,19?,20?,21?,22?,23?,24-,25+,26+,27+,28?,29-,30-,31+,32?,33-,36+,37-,38+/m1/s1. The number of carboxylic acids is 2. The minimum absolute atomic E-state index is 0.00698. The number of thiocarbonyl (C=S) groups is 1. The van der Waals surface area contributed by atoms with Gasteiger partial charge < -0.3 is 94.1 Å². The molecule has 0 aromatic carbocycles. The smallest absolute Gasteiger partial charge is 0.371 e. The first-order chi connectivity index (χ1) is 41.4. The van der Waals surface area contributed by atoms with Crippen molar-refractivity contribution in [2.75, 3.05) is 42.8 Å². The molecule has 0 amide bonds.